The molecular weight excluding hydrogens is 474 g/mol. The minimum atomic E-state index is -0.227. The quantitative estimate of drug-likeness (QED) is 0.476. The van der Waals surface area contributed by atoms with Crippen LogP contribution in [0.3, 0.4) is 0 Å². The minimum Gasteiger partial charge on any atom is -0.369 e. The molecule has 1 aliphatic carbocycles. The van der Waals surface area contributed by atoms with E-state index >= 15 is 0 Å². The van der Waals surface area contributed by atoms with E-state index in [-0.39, 0.29) is 17.9 Å². The molecule has 1 saturated carbocycles. The highest BCUT2D eigenvalue weighted by atomic mass is 35.5. The fraction of sp³-hybridized carbons (Fsp3) is 0.500. The van der Waals surface area contributed by atoms with Gasteiger partial charge in [-0.1, -0.05) is 11.6 Å². The van der Waals surface area contributed by atoms with Crippen molar-refractivity contribution < 1.29 is 4.79 Å². The number of aryl methyl sites for hydroxylation is 2. The van der Waals surface area contributed by atoms with Crippen LogP contribution in [0, 0.1) is 20.8 Å². The molecule has 4 rings (SSSR count). The van der Waals surface area contributed by atoms with E-state index in [1.54, 1.807) is 12.1 Å². The third-order valence-electron chi connectivity index (χ3n) is 7.76. The monoisotopic (exact) mass is 511 g/mol. The lowest BCUT2D eigenvalue weighted by Crippen LogP contribution is -2.42. The number of nitrogens with zero attached hydrogens (tertiary/aromatic N) is 3. The van der Waals surface area contributed by atoms with Gasteiger partial charge in [0.2, 0.25) is 0 Å². The Morgan fingerprint density at radius 2 is 1.75 bits per heavy atom. The van der Waals surface area contributed by atoms with Crippen molar-refractivity contribution in [1.29, 1.82) is 0 Å². The zero-order valence-electron chi connectivity index (χ0n) is 22.2. The molecule has 8 heteroatoms. The zero-order valence-corrected chi connectivity index (χ0v) is 23.0. The minimum absolute atomic E-state index is 0.0826. The molecule has 36 heavy (non-hydrogen) atoms. The molecule has 194 valence electrons. The summed E-state index contributed by atoms with van der Waals surface area (Å²) in [6.07, 6.45) is 4.57. The van der Waals surface area contributed by atoms with E-state index in [4.69, 9.17) is 11.6 Å². The molecule has 3 aromatic rings. The first kappa shape index (κ1) is 26.3. The number of carbonyl (C=O) groups excluding carboxylic acids is 1. The Morgan fingerprint density at radius 1 is 1.08 bits per heavy atom. The van der Waals surface area contributed by atoms with Gasteiger partial charge in [-0.3, -0.25) is 19.2 Å². The smallest absolute Gasteiger partial charge is 0.251 e. The Labute approximate surface area is 218 Å². The highest BCUT2D eigenvalue weighted by Gasteiger charge is 2.28. The standard InChI is InChI=1S/C28H38ClN5O2/c1-7-33(22-10-8-21(9-11-22)32(5)6)26-14-20(29)13-24(18(26)3)28(36)30-16-25-19(4)34-23(15-27(25)35)12-17(2)31-34/h12-15,21-22,31H,7-11,16H2,1-6H3,(H,30,36). The summed E-state index contributed by atoms with van der Waals surface area (Å²) in [4.78, 5) is 30.8. The lowest BCUT2D eigenvalue weighted by atomic mass is 9.89. The Balaban J connectivity index is 1.56. The summed E-state index contributed by atoms with van der Waals surface area (Å²) in [6, 6.07) is 8.29. The molecule has 0 bridgehead atoms. The molecule has 0 spiro atoms. The molecule has 0 atom stereocenters. The highest BCUT2D eigenvalue weighted by molar-refractivity contribution is 6.31. The number of hydrogen-bond donors (Lipinski definition) is 2. The number of hydrogen-bond acceptors (Lipinski definition) is 4. The number of carbonyl (C=O) groups is 1. The SMILES string of the molecule is CCN(c1cc(Cl)cc(C(=O)NCc2c(C)n3[nH]c(C)cc3cc2=O)c1C)C1CCC(N(C)C)CC1. The molecule has 1 amide bonds. The number of amides is 1. The fourth-order valence-electron chi connectivity index (χ4n) is 5.67. The Morgan fingerprint density at radius 3 is 2.39 bits per heavy atom. The summed E-state index contributed by atoms with van der Waals surface area (Å²) in [5.41, 5.74) is 5.54. The third-order valence-corrected chi connectivity index (χ3v) is 7.98. The number of nitrogens with one attached hydrogen (secondary N) is 2. The molecule has 1 fully saturated rings. The van der Waals surface area contributed by atoms with Crippen LogP contribution in [0.4, 0.5) is 5.69 Å². The topological polar surface area (TPSA) is 72.8 Å². The number of rotatable bonds is 7. The van der Waals surface area contributed by atoms with Crippen molar-refractivity contribution in [1.82, 2.24) is 19.8 Å². The van der Waals surface area contributed by atoms with Crippen LogP contribution in [0.5, 0.6) is 0 Å². The van der Waals surface area contributed by atoms with E-state index in [2.05, 4.69) is 41.2 Å². The van der Waals surface area contributed by atoms with Crippen LogP contribution in [0.25, 0.3) is 5.52 Å². The zero-order chi connectivity index (χ0) is 26.1. The van der Waals surface area contributed by atoms with Crippen molar-refractivity contribution in [3.05, 3.63) is 67.6 Å². The summed E-state index contributed by atoms with van der Waals surface area (Å²) < 4.78 is 1.88. The average molecular weight is 512 g/mol. The second kappa shape index (κ2) is 10.7. The molecule has 1 aliphatic rings. The first-order valence-corrected chi connectivity index (χ1v) is 13.2. The molecule has 0 saturated heterocycles. The third kappa shape index (κ3) is 5.18. The summed E-state index contributed by atoms with van der Waals surface area (Å²) in [5, 5.41) is 6.75. The van der Waals surface area contributed by atoms with E-state index in [1.807, 2.05) is 37.4 Å². The summed E-state index contributed by atoms with van der Waals surface area (Å²) in [5.74, 6) is -0.227. The second-order valence-electron chi connectivity index (χ2n) is 10.3. The van der Waals surface area contributed by atoms with Crippen molar-refractivity contribution in [2.24, 2.45) is 0 Å². The van der Waals surface area contributed by atoms with Gasteiger partial charge in [-0.2, -0.15) is 0 Å². The average Bonchev–Trinajstić information content (AvgIpc) is 3.21. The molecule has 0 unspecified atom stereocenters. The van der Waals surface area contributed by atoms with Gasteiger partial charge < -0.3 is 15.1 Å². The fourth-order valence-corrected chi connectivity index (χ4v) is 5.88. The van der Waals surface area contributed by atoms with E-state index in [0.717, 1.165) is 47.5 Å². The molecule has 2 N–H and O–H groups in total. The summed E-state index contributed by atoms with van der Waals surface area (Å²) in [6.45, 7) is 8.99. The van der Waals surface area contributed by atoms with Crippen LogP contribution in [0.2, 0.25) is 5.02 Å². The van der Waals surface area contributed by atoms with Crippen LogP contribution in [0.15, 0.2) is 29.1 Å². The van der Waals surface area contributed by atoms with Gasteiger partial charge in [-0.05, 0) is 91.2 Å². The van der Waals surface area contributed by atoms with E-state index in [0.29, 0.717) is 28.2 Å². The number of halogens is 1. The largest absolute Gasteiger partial charge is 0.369 e. The number of H-pyrrole nitrogens is 1. The van der Waals surface area contributed by atoms with Crippen molar-refractivity contribution in [3.8, 4) is 0 Å². The Hall–Kier alpha value is -2.77. The molecule has 7 nitrogen and oxygen atoms in total. The summed E-state index contributed by atoms with van der Waals surface area (Å²) >= 11 is 6.54. The van der Waals surface area contributed by atoms with E-state index in [9.17, 15) is 9.59 Å². The van der Waals surface area contributed by atoms with Gasteiger partial charge in [0, 0.05) is 64.5 Å². The number of pyridine rings is 1. The maximum absolute atomic E-state index is 13.3. The molecule has 2 heterocycles. The van der Waals surface area contributed by atoms with Crippen LogP contribution >= 0.6 is 11.6 Å². The maximum atomic E-state index is 13.3. The second-order valence-corrected chi connectivity index (χ2v) is 10.7. The van der Waals surface area contributed by atoms with Gasteiger partial charge in [0.25, 0.3) is 5.91 Å². The Kier molecular flexibility index (Phi) is 7.81. The van der Waals surface area contributed by atoms with Gasteiger partial charge >= 0.3 is 0 Å². The highest BCUT2D eigenvalue weighted by Crippen LogP contribution is 2.34. The van der Waals surface area contributed by atoms with Crippen molar-refractivity contribution in [2.45, 2.75) is 72.0 Å². The lowest BCUT2D eigenvalue weighted by Gasteiger charge is -2.40. The number of aromatic amines is 1. The molecule has 0 radical (unpaired) electrons. The van der Waals surface area contributed by atoms with Crippen LogP contribution < -0.4 is 15.6 Å². The Bertz CT molecular complexity index is 1320. The molecule has 1 aromatic carbocycles. The predicted octanol–water partition coefficient (Wildman–Crippen LogP) is 4.84. The van der Waals surface area contributed by atoms with Crippen molar-refractivity contribution in [2.75, 3.05) is 25.5 Å². The number of anilines is 1. The lowest BCUT2D eigenvalue weighted by molar-refractivity contribution is 0.0950. The van der Waals surface area contributed by atoms with Gasteiger partial charge in [0.1, 0.15) is 0 Å². The van der Waals surface area contributed by atoms with Gasteiger partial charge in [0.15, 0.2) is 5.43 Å². The van der Waals surface area contributed by atoms with E-state index in [1.165, 1.54) is 12.8 Å². The first-order valence-electron chi connectivity index (χ1n) is 12.8. The van der Waals surface area contributed by atoms with Crippen LogP contribution in [-0.4, -0.2) is 53.1 Å². The normalized spacial score (nSPS) is 18.1. The predicted molar refractivity (Wildman–Crippen MR) is 148 cm³/mol. The van der Waals surface area contributed by atoms with Crippen LogP contribution in [0.1, 0.15) is 65.5 Å². The van der Waals surface area contributed by atoms with Gasteiger partial charge in [0.05, 0.1) is 5.52 Å². The van der Waals surface area contributed by atoms with Crippen molar-refractivity contribution in [3.63, 3.8) is 0 Å². The van der Waals surface area contributed by atoms with Gasteiger partial charge in [-0.15, -0.1) is 0 Å². The molecule has 0 aliphatic heterocycles. The first-order chi connectivity index (χ1) is 17.1. The van der Waals surface area contributed by atoms with Crippen LogP contribution in [-0.2, 0) is 6.54 Å². The van der Waals surface area contributed by atoms with Gasteiger partial charge in [-0.25, -0.2) is 0 Å². The molecule has 2 aromatic heterocycles. The number of aromatic nitrogens is 2. The van der Waals surface area contributed by atoms with E-state index < -0.39 is 0 Å². The molecular formula is C28H38ClN5O2. The van der Waals surface area contributed by atoms with Crippen molar-refractivity contribution >= 4 is 28.7 Å². The number of fused-ring (bicyclic) bond motifs is 1. The maximum Gasteiger partial charge on any atom is 0.251 e. The number of benzene rings is 1. The summed E-state index contributed by atoms with van der Waals surface area (Å²) in [7, 11) is 4.31.